The lowest BCUT2D eigenvalue weighted by atomic mass is 9.93. The first-order chi connectivity index (χ1) is 19.3. The van der Waals surface area contributed by atoms with E-state index in [0.717, 1.165) is 12.0 Å². The van der Waals surface area contributed by atoms with Crippen LogP contribution >= 0.6 is 0 Å². The first kappa shape index (κ1) is 28.9. The monoisotopic (exact) mass is 550 g/mol. The maximum atomic E-state index is 13.4. The number of aryl methyl sites for hydroxylation is 1. The van der Waals surface area contributed by atoms with Gasteiger partial charge in [-0.05, 0) is 50.6 Å². The van der Waals surface area contributed by atoms with Crippen molar-refractivity contribution in [1.29, 1.82) is 0 Å². The third-order valence-corrected chi connectivity index (χ3v) is 7.37. The van der Waals surface area contributed by atoms with Gasteiger partial charge in [-0.25, -0.2) is 9.59 Å². The van der Waals surface area contributed by atoms with E-state index in [0.29, 0.717) is 66.6 Å². The van der Waals surface area contributed by atoms with Gasteiger partial charge in [-0.3, -0.25) is 14.6 Å². The molecule has 1 saturated heterocycles. The number of benzene rings is 2. The number of hydrogen-bond acceptors (Lipinski definition) is 7. The summed E-state index contributed by atoms with van der Waals surface area (Å²) in [5.41, 5.74) is 3.26. The van der Waals surface area contributed by atoms with Crippen LogP contribution in [0.15, 0.2) is 53.7 Å². The molecule has 0 saturated carbocycles. The van der Waals surface area contributed by atoms with E-state index in [-0.39, 0.29) is 18.5 Å². The molecule has 10 nitrogen and oxygen atoms in total. The third kappa shape index (κ3) is 6.22. The van der Waals surface area contributed by atoms with E-state index < -0.39 is 12.0 Å². The highest BCUT2D eigenvalue weighted by atomic mass is 16.5. The molecule has 214 valence electrons. The molecule has 0 unspecified atom stereocenters. The highest BCUT2D eigenvalue weighted by Crippen LogP contribution is 2.38. The molecule has 1 atom stereocenters. The summed E-state index contributed by atoms with van der Waals surface area (Å²) in [6, 6.07) is 11.7. The van der Waals surface area contributed by atoms with Gasteiger partial charge >= 0.3 is 12.0 Å². The molecule has 1 N–H and O–H groups in total. The zero-order chi connectivity index (χ0) is 28.8. The van der Waals surface area contributed by atoms with E-state index in [2.05, 4.69) is 10.2 Å². The number of rotatable bonds is 8. The van der Waals surface area contributed by atoms with Crippen LogP contribution in [-0.2, 0) is 9.53 Å². The number of amides is 3. The Bertz CT molecular complexity index is 1280. The van der Waals surface area contributed by atoms with E-state index in [4.69, 9.17) is 14.2 Å². The number of nitrogens with zero attached hydrogens (tertiary/aromatic N) is 3. The highest BCUT2D eigenvalue weighted by Gasteiger charge is 2.39. The molecule has 0 aliphatic carbocycles. The second kappa shape index (κ2) is 12.9. The van der Waals surface area contributed by atoms with Crippen LogP contribution in [0.5, 0.6) is 11.5 Å². The molecule has 0 aromatic heterocycles. The van der Waals surface area contributed by atoms with Gasteiger partial charge in [0.25, 0.3) is 5.91 Å². The Labute approximate surface area is 235 Å². The lowest BCUT2D eigenvalue weighted by molar-refractivity contribution is -0.139. The molecule has 2 aliphatic heterocycles. The van der Waals surface area contributed by atoms with Crippen molar-refractivity contribution in [3.8, 4) is 11.5 Å². The lowest BCUT2D eigenvalue weighted by Gasteiger charge is -2.37. The Balaban J connectivity index is 1.64. The minimum atomic E-state index is -0.797. The molecule has 0 radical (unpaired) electrons. The van der Waals surface area contributed by atoms with Crippen LogP contribution in [0.3, 0.4) is 0 Å². The van der Waals surface area contributed by atoms with Crippen molar-refractivity contribution >= 4 is 17.9 Å². The Morgan fingerprint density at radius 2 is 1.75 bits per heavy atom. The molecule has 2 heterocycles. The van der Waals surface area contributed by atoms with Gasteiger partial charge in [-0.1, -0.05) is 17.7 Å². The van der Waals surface area contributed by atoms with Gasteiger partial charge in [0.1, 0.15) is 11.5 Å². The van der Waals surface area contributed by atoms with Crippen molar-refractivity contribution < 1.29 is 28.6 Å². The molecular weight excluding hydrogens is 512 g/mol. The lowest BCUT2D eigenvalue weighted by Crippen LogP contribution is -2.49. The van der Waals surface area contributed by atoms with Crippen LogP contribution in [0.1, 0.15) is 40.9 Å². The SMILES string of the molecule is CCOC(=O)C1=C(CN2CCCN(C(=O)c3ccc(C)cc3)CC2)N(C)C(=O)N[C@@H]1c1cc(OC)ccc1OC. The third-order valence-electron chi connectivity index (χ3n) is 7.37. The summed E-state index contributed by atoms with van der Waals surface area (Å²) >= 11 is 0. The molecule has 3 amide bonds. The van der Waals surface area contributed by atoms with Crippen molar-refractivity contribution in [2.24, 2.45) is 0 Å². The van der Waals surface area contributed by atoms with Crippen molar-refractivity contribution in [2.45, 2.75) is 26.3 Å². The smallest absolute Gasteiger partial charge is 0.338 e. The molecule has 2 aliphatic rings. The zero-order valence-electron chi connectivity index (χ0n) is 23.9. The maximum absolute atomic E-state index is 13.4. The topological polar surface area (TPSA) is 101 Å². The minimum absolute atomic E-state index is 0.00706. The fourth-order valence-corrected chi connectivity index (χ4v) is 5.12. The molecule has 1 fully saturated rings. The van der Waals surface area contributed by atoms with Gasteiger partial charge in [-0.15, -0.1) is 0 Å². The summed E-state index contributed by atoms with van der Waals surface area (Å²) in [6.45, 7) is 6.75. The summed E-state index contributed by atoms with van der Waals surface area (Å²) in [5.74, 6) is 0.578. The molecule has 10 heteroatoms. The molecule has 40 heavy (non-hydrogen) atoms. The van der Waals surface area contributed by atoms with Gasteiger partial charge in [0.15, 0.2) is 0 Å². The first-order valence-electron chi connectivity index (χ1n) is 13.5. The number of methoxy groups -OCH3 is 2. The number of esters is 1. The fraction of sp³-hybridized carbons (Fsp3) is 0.433. The van der Waals surface area contributed by atoms with E-state index in [1.165, 1.54) is 12.0 Å². The Morgan fingerprint density at radius 3 is 2.42 bits per heavy atom. The van der Waals surface area contributed by atoms with Gasteiger partial charge in [0.05, 0.1) is 32.4 Å². The van der Waals surface area contributed by atoms with Crippen LogP contribution in [-0.4, -0.2) is 93.2 Å². The highest BCUT2D eigenvalue weighted by molar-refractivity contribution is 5.95. The van der Waals surface area contributed by atoms with Gasteiger partial charge in [0, 0.05) is 56.6 Å². The van der Waals surface area contributed by atoms with Crippen LogP contribution in [0, 0.1) is 6.92 Å². The fourth-order valence-electron chi connectivity index (χ4n) is 5.12. The summed E-state index contributed by atoms with van der Waals surface area (Å²) in [7, 11) is 4.74. The Hall–Kier alpha value is -4.05. The standard InChI is InChI=1S/C30H38N4O6/c1-6-40-29(36)26-24(32(3)30(37)31-27(26)23-18-22(38-4)12-13-25(23)39-5)19-33-14-7-15-34(17-16-33)28(35)21-10-8-20(2)9-11-21/h8-13,18,27H,6-7,14-17,19H2,1-5H3,(H,31,37)/t27-/m1/s1. The first-order valence-corrected chi connectivity index (χ1v) is 13.5. The molecule has 4 rings (SSSR count). The second-order valence-corrected chi connectivity index (χ2v) is 9.92. The summed E-state index contributed by atoms with van der Waals surface area (Å²) in [4.78, 5) is 45.3. The van der Waals surface area contributed by atoms with Crippen molar-refractivity contribution in [2.75, 3.05) is 60.6 Å². The van der Waals surface area contributed by atoms with E-state index in [1.54, 1.807) is 39.3 Å². The van der Waals surface area contributed by atoms with E-state index in [1.807, 2.05) is 36.1 Å². The Morgan fingerprint density at radius 1 is 1.00 bits per heavy atom. The number of hydrogen-bond donors (Lipinski definition) is 1. The largest absolute Gasteiger partial charge is 0.497 e. The number of urea groups is 1. The predicted molar refractivity (Wildman–Crippen MR) is 150 cm³/mol. The summed E-state index contributed by atoms with van der Waals surface area (Å²) < 4.78 is 16.5. The molecular formula is C30H38N4O6. The maximum Gasteiger partial charge on any atom is 0.338 e. The van der Waals surface area contributed by atoms with Crippen LogP contribution in [0.25, 0.3) is 0 Å². The summed E-state index contributed by atoms with van der Waals surface area (Å²) in [6.07, 6.45) is 0.767. The predicted octanol–water partition coefficient (Wildman–Crippen LogP) is 3.37. The van der Waals surface area contributed by atoms with Crippen molar-refractivity contribution in [3.63, 3.8) is 0 Å². The van der Waals surface area contributed by atoms with E-state index in [9.17, 15) is 14.4 Å². The van der Waals surface area contributed by atoms with Crippen LogP contribution in [0.4, 0.5) is 4.79 Å². The van der Waals surface area contributed by atoms with Gasteiger partial charge in [0.2, 0.25) is 0 Å². The van der Waals surface area contributed by atoms with Crippen molar-refractivity contribution in [1.82, 2.24) is 20.0 Å². The second-order valence-electron chi connectivity index (χ2n) is 9.92. The van der Waals surface area contributed by atoms with Crippen LogP contribution < -0.4 is 14.8 Å². The van der Waals surface area contributed by atoms with Gasteiger partial charge in [-0.2, -0.15) is 0 Å². The normalized spacial score (nSPS) is 18.2. The number of carbonyl (C=O) groups is 3. The quantitative estimate of drug-likeness (QED) is 0.503. The zero-order valence-corrected chi connectivity index (χ0v) is 23.9. The average Bonchev–Trinajstić information content (AvgIpc) is 3.20. The average molecular weight is 551 g/mol. The Kier molecular flexibility index (Phi) is 9.31. The number of ether oxygens (including phenoxy) is 3. The number of carbonyl (C=O) groups excluding carboxylic acids is 3. The van der Waals surface area contributed by atoms with Gasteiger partial charge < -0.3 is 24.4 Å². The summed E-state index contributed by atoms with van der Waals surface area (Å²) in [5, 5.41) is 2.94. The van der Waals surface area contributed by atoms with Crippen LogP contribution in [0.2, 0.25) is 0 Å². The van der Waals surface area contributed by atoms with E-state index >= 15 is 0 Å². The van der Waals surface area contributed by atoms with Crippen molar-refractivity contribution in [3.05, 3.63) is 70.4 Å². The molecule has 0 bridgehead atoms. The molecule has 2 aromatic carbocycles. The minimum Gasteiger partial charge on any atom is -0.497 e. The molecule has 2 aromatic rings. The molecule has 0 spiro atoms. The number of likely N-dealkylation sites (N-methyl/N-ethyl adjacent to an activating group) is 1. The number of nitrogens with one attached hydrogen (secondary N) is 1.